The van der Waals surface area contributed by atoms with Crippen molar-refractivity contribution in [2.75, 3.05) is 0 Å². The molecule has 0 aliphatic heterocycles. The molecule has 1 heterocycles. The monoisotopic (exact) mass is 265 g/mol. The second-order valence-corrected chi connectivity index (χ2v) is 5.36. The predicted octanol–water partition coefficient (Wildman–Crippen LogP) is 3.61. The van der Waals surface area contributed by atoms with Gasteiger partial charge in [0.2, 0.25) is 0 Å². The van der Waals surface area contributed by atoms with Gasteiger partial charge in [-0.3, -0.25) is 0 Å². The molecule has 0 amide bonds. The van der Waals surface area contributed by atoms with Crippen molar-refractivity contribution < 1.29 is 4.57 Å². The molecule has 0 bridgehead atoms. The van der Waals surface area contributed by atoms with Gasteiger partial charge in [0.25, 0.3) is 5.82 Å². The third-order valence-electron chi connectivity index (χ3n) is 3.99. The Morgan fingerprint density at radius 3 is 2.45 bits per heavy atom. The fraction of sp³-hybridized carbons (Fsp3) is 0.278. The molecule has 20 heavy (non-hydrogen) atoms. The molecule has 2 heteroatoms. The fourth-order valence-electron chi connectivity index (χ4n) is 2.94. The Morgan fingerprint density at radius 1 is 1.00 bits per heavy atom. The van der Waals surface area contributed by atoms with Gasteiger partial charge in [-0.15, -0.1) is 0 Å². The molecule has 0 unspecified atom stereocenters. The summed E-state index contributed by atoms with van der Waals surface area (Å²) in [5.41, 5.74) is 5.31. The predicted molar refractivity (Wildman–Crippen MR) is 82.8 cm³/mol. The van der Waals surface area contributed by atoms with Gasteiger partial charge in [-0.25, -0.2) is 9.13 Å². The minimum absolute atomic E-state index is 0.930. The lowest BCUT2D eigenvalue weighted by Crippen LogP contribution is -2.37. The van der Waals surface area contributed by atoms with E-state index in [1.165, 1.54) is 28.0 Å². The van der Waals surface area contributed by atoms with Crippen LogP contribution in [-0.2, 0) is 13.1 Å². The molecule has 2 aromatic carbocycles. The number of imidazole rings is 1. The van der Waals surface area contributed by atoms with E-state index in [0.717, 1.165) is 13.1 Å². The maximum absolute atomic E-state index is 2.41. The summed E-state index contributed by atoms with van der Waals surface area (Å²) in [7, 11) is 0. The highest BCUT2D eigenvalue weighted by Crippen LogP contribution is 2.17. The highest BCUT2D eigenvalue weighted by molar-refractivity contribution is 5.73. The highest BCUT2D eigenvalue weighted by atomic mass is 15.2. The van der Waals surface area contributed by atoms with Gasteiger partial charge in [-0.1, -0.05) is 36.4 Å². The smallest absolute Gasteiger partial charge is 0.228 e. The topological polar surface area (TPSA) is 8.81 Å². The van der Waals surface area contributed by atoms with E-state index < -0.39 is 0 Å². The van der Waals surface area contributed by atoms with Gasteiger partial charge in [-0.05, 0) is 37.1 Å². The third kappa shape index (κ3) is 2.11. The molecule has 0 saturated carbocycles. The number of aryl methyl sites for hydroxylation is 2. The van der Waals surface area contributed by atoms with Crippen LogP contribution in [0.2, 0.25) is 0 Å². The quantitative estimate of drug-likeness (QED) is 0.640. The van der Waals surface area contributed by atoms with Crippen LogP contribution in [0.25, 0.3) is 11.0 Å². The molecule has 102 valence electrons. The van der Waals surface area contributed by atoms with E-state index in [4.69, 9.17) is 0 Å². The van der Waals surface area contributed by atoms with Crippen molar-refractivity contribution >= 4 is 11.0 Å². The largest absolute Gasteiger partial charge is 0.254 e. The van der Waals surface area contributed by atoms with Crippen LogP contribution in [0.4, 0.5) is 0 Å². The van der Waals surface area contributed by atoms with Gasteiger partial charge in [-0.2, -0.15) is 0 Å². The Kier molecular flexibility index (Phi) is 3.31. The Hall–Kier alpha value is -2.09. The average molecular weight is 265 g/mol. The summed E-state index contributed by atoms with van der Waals surface area (Å²) in [4.78, 5) is 0. The second-order valence-electron chi connectivity index (χ2n) is 5.36. The van der Waals surface area contributed by atoms with E-state index in [0.29, 0.717) is 0 Å². The number of nitrogens with zero attached hydrogens (tertiary/aromatic N) is 2. The van der Waals surface area contributed by atoms with Crippen LogP contribution in [0.15, 0.2) is 48.5 Å². The summed E-state index contributed by atoms with van der Waals surface area (Å²) < 4.78 is 4.80. The van der Waals surface area contributed by atoms with E-state index >= 15 is 0 Å². The van der Waals surface area contributed by atoms with Crippen LogP contribution in [0.5, 0.6) is 0 Å². The van der Waals surface area contributed by atoms with E-state index in [-0.39, 0.29) is 0 Å². The molecule has 1 aromatic heterocycles. The van der Waals surface area contributed by atoms with Gasteiger partial charge in [0.05, 0.1) is 6.54 Å². The first-order valence-corrected chi connectivity index (χ1v) is 7.24. The molecule has 0 saturated heterocycles. The zero-order chi connectivity index (χ0) is 14.1. The molecule has 0 fully saturated rings. The van der Waals surface area contributed by atoms with Crippen LogP contribution < -0.4 is 4.57 Å². The maximum atomic E-state index is 2.41. The maximum Gasteiger partial charge on any atom is 0.254 e. The van der Waals surface area contributed by atoms with Gasteiger partial charge in [0.15, 0.2) is 11.0 Å². The first kappa shape index (κ1) is 12.9. The number of fused-ring (bicyclic) bond motifs is 1. The standard InChI is InChI=1S/C18H21N2/c1-4-19-15(3)20(13-16-8-6-5-7-9-16)17-11-10-14(2)12-18(17)19/h5-12H,4,13H2,1-3H3/q+1. The molecule has 0 aliphatic rings. The summed E-state index contributed by atoms with van der Waals surface area (Å²) in [6.07, 6.45) is 0. The summed E-state index contributed by atoms with van der Waals surface area (Å²) in [5.74, 6) is 1.32. The number of benzene rings is 2. The average Bonchev–Trinajstić information content (AvgIpc) is 2.71. The minimum Gasteiger partial charge on any atom is -0.228 e. The summed E-state index contributed by atoms with van der Waals surface area (Å²) in [6, 6.07) is 17.4. The van der Waals surface area contributed by atoms with Crippen molar-refractivity contribution in [2.45, 2.75) is 33.9 Å². The Bertz CT molecular complexity index is 739. The third-order valence-corrected chi connectivity index (χ3v) is 3.99. The van der Waals surface area contributed by atoms with E-state index in [1.54, 1.807) is 0 Å². The second kappa shape index (κ2) is 5.12. The van der Waals surface area contributed by atoms with Crippen LogP contribution in [-0.4, -0.2) is 4.57 Å². The SMILES string of the molecule is CCn1c(C)[n+](Cc2ccccc2)c2ccc(C)cc21. The molecule has 0 radical (unpaired) electrons. The fourth-order valence-corrected chi connectivity index (χ4v) is 2.94. The highest BCUT2D eigenvalue weighted by Gasteiger charge is 2.20. The molecular formula is C18H21N2+. The van der Waals surface area contributed by atoms with Crippen LogP contribution >= 0.6 is 0 Å². The van der Waals surface area contributed by atoms with Crippen molar-refractivity contribution in [1.82, 2.24) is 4.57 Å². The zero-order valence-corrected chi connectivity index (χ0v) is 12.4. The number of hydrogen-bond donors (Lipinski definition) is 0. The molecule has 3 aromatic rings. The molecule has 0 atom stereocenters. The van der Waals surface area contributed by atoms with Gasteiger partial charge in [0, 0.05) is 6.92 Å². The molecule has 2 nitrogen and oxygen atoms in total. The first-order chi connectivity index (χ1) is 9.70. The van der Waals surface area contributed by atoms with E-state index in [1.807, 2.05) is 0 Å². The van der Waals surface area contributed by atoms with E-state index in [2.05, 4.69) is 78.4 Å². The Balaban J connectivity index is 2.17. The van der Waals surface area contributed by atoms with Gasteiger partial charge < -0.3 is 0 Å². The van der Waals surface area contributed by atoms with Gasteiger partial charge >= 0.3 is 0 Å². The summed E-state index contributed by atoms with van der Waals surface area (Å²) in [6.45, 7) is 8.51. The normalized spacial score (nSPS) is 11.2. The van der Waals surface area contributed by atoms with E-state index in [9.17, 15) is 0 Å². The van der Waals surface area contributed by atoms with Crippen LogP contribution in [0.3, 0.4) is 0 Å². The molecule has 0 spiro atoms. The molecule has 0 N–H and O–H groups in total. The van der Waals surface area contributed by atoms with Crippen molar-refractivity contribution in [3.05, 3.63) is 65.5 Å². The summed E-state index contributed by atoms with van der Waals surface area (Å²) in [5, 5.41) is 0. The number of hydrogen-bond acceptors (Lipinski definition) is 0. The van der Waals surface area contributed by atoms with Crippen molar-refractivity contribution in [1.29, 1.82) is 0 Å². The van der Waals surface area contributed by atoms with Crippen molar-refractivity contribution in [3.63, 3.8) is 0 Å². The summed E-state index contributed by atoms with van der Waals surface area (Å²) >= 11 is 0. The van der Waals surface area contributed by atoms with Gasteiger partial charge in [0.1, 0.15) is 6.54 Å². The molecule has 3 rings (SSSR count). The first-order valence-electron chi connectivity index (χ1n) is 7.24. The van der Waals surface area contributed by atoms with Crippen LogP contribution in [0.1, 0.15) is 23.9 Å². The Labute approximate surface area is 120 Å². The lowest BCUT2D eigenvalue weighted by Gasteiger charge is -2.01. The minimum atomic E-state index is 0.930. The molecule has 0 aliphatic carbocycles. The van der Waals surface area contributed by atoms with Crippen LogP contribution in [0, 0.1) is 13.8 Å². The Morgan fingerprint density at radius 2 is 1.75 bits per heavy atom. The lowest BCUT2D eigenvalue weighted by atomic mass is 10.2. The lowest BCUT2D eigenvalue weighted by molar-refractivity contribution is -0.669. The molecular weight excluding hydrogens is 244 g/mol. The van der Waals surface area contributed by atoms with Crippen molar-refractivity contribution in [3.8, 4) is 0 Å². The zero-order valence-electron chi connectivity index (χ0n) is 12.4. The number of rotatable bonds is 3. The van der Waals surface area contributed by atoms with Crippen molar-refractivity contribution in [2.24, 2.45) is 0 Å². The number of aromatic nitrogens is 2.